The Balaban J connectivity index is 1.66. The minimum absolute atomic E-state index is 0.164. The molecule has 122 valence electrons. The summed E-state index contributed by atoms with van der Waals surface area (Å²) in [6.07, 6.45) is 3.79. The number of rotatable bonds is 6. The molecule has 1 aliphatic rings. The van der Waals surface area contributed by atoms with Gasteiger partial charge in [-0.15, -0.1) is 0 Å². The third kappa shape index (κ3) is 4.09. The Morgan fingerprint density at radius 2 is 2.26 bits per heavy atom. The first kappa shape index (κ1) is 16.0. The molecule has 1 amide bonds. The largest absolute Gasteiger partial charge is 0.308 e. The maximum Gasteiger partial charge on any atom is 0.239 e. The smallest absolute Gasteiger partial charge is 0.239 e. The fraction of sp³-hybridized carbons (Fsp3) is 0.375. The summed E-state index contributed by atoms with van der Waals surface area (Å²) in [6, 6.07) is 6.67. The van der Waals surface area contributed by atoms with Gasteiger partial charge >= 0.3 is 0 Å². The van der Waals surface area contributed by atoms with Gasteiger partial charge in [0.1, 0.15) is 5.82 Å². The average Bonchev–Trinajstić information content (AvgIpc) is 3.26. The summed E-state index contributed by atoms with van der Waals surface area (Å²) in [6.45, 7) is 0.512. The van der Waals surface area contributed by atoms with Crippen LogP contribution in [0.15, 0.2) is 30.5 Å². The first-order valence-electron chi connectivity index (χ1n) is 7.49. The fourth-order valence-electron chi connectivity index (χ4n) is 2.49. The number of benzene rings is 1. The lowest BCUT2D eigenvalue weighted by atomic mass is 10.2. The van der Waals surface area contributed by atoms with Gasteiger partial charge in [0, 0.05) is 42.5 Å². The van der Waals surface area contributed by atoms with E-state index < -0.39 is 0 Å². The first-order chi connectivity index (χ1) is 11.0. The molecule has 1 aromatic carbocycles. The van der Waals surface area contributed by atoms with Gasteiger partial charge in [0.25, 0.3) is 0 Å². The van der Waals surface area contributed by atoms with E-state index in [-0.39, 0.29) is 18.3 Å². The van der Waals surface area contributed by atoms with Gasteiger partial charge in [-0.1, -0.05) is 17.7 Å². The van der Waals surface area contributed by atoms with Gasteiger partial charge in [-0.2, -0.15) is 5.10 Å². The Morgan fingerprint density at radius 3 is 2.87 bits per heavy atom. The molecule has 0 atom stereocenters. The number of hydrogen-bond donors (Lipinski definition) is 1. The van der Waals surface area contributed by atoms with E-state index in [4.69, 9.17) is 11.6 Å². The van der Waals surface area contributed by atoms with Crippen LogP contribution in [0.3, 0.4) is 0 Å². The lowest BCUT2D eigenvalue weighted by molar-refractivity contribution is -0.117. The maximum absolute atomic E-state index is 14.0. The summed E-state index contributed by atoms with van der Waals surface area (Å²) in [7, 11) is 1.78. The van der Waals surface area contributed by atoms with Gasteiger partial charge in [0.05, 0.1) is 6.54 Å². The number of aromatic nitrogens is 2. The van der Waals surface area contributed by atoms with Crippen LogP contribution < -0.4 is 5.32 Å². The van der Waals surface area contributed by atoms with Gasteiger partial charge in [-0.05, 0) is 25.0 Å². The van der Waals surface area contributed by atoms with Crippen LogP contribution in [-0.4, -0.2) is 33.2 Å². The number of nitrogens with zero attached hydrogens (tertiary/aromatic N) is 3. The van der Waals surface area contributed by atoms with Crippen molar-refractivity contribution in [1.82, 2.24) is 14.7 Å². The number of amides is 1. The molecule has 3 rings (SSSR count). The first-order valence-corrected chi connectivity index (χ1v) is 7.87. The van der Waals surface area contributed by atoms with Crippen LogP contribution in [0.2, 0.25) is 5.02 Å². The standard InChI is InChI=1S/C16H18ClFN4O/c1-21-8-7-15(20-21)19-16(23)10-22(11-5-6-11)9-12-13(17)3-2-4-14(12)18/h2-4,7-8,11H,5-6,9-10H2,1H3,(H,19,20,23). The third-order valence-corrected chi connectivity index (χ3v) is 4.17. The van der Waals surface area contributed by atoms with Crippen LogP contribution in [0, 0.1) is 5.82 Å². The molecule has 2 aromatic rings. The fourth-order valence-corrected chi connectivity index (χ4v) is 2.71. The third-order valence-electron chi connectivity index (χ3n) is 3.81. The molecule has 1 heterocycles. The highest BCUT2D eigenvalue weighted by atomic mass is 35.5. The summed E-state index contributed by atoms with van der Waals surface area (Å²) >= 11 is 6.09. The lowest BCUT2D eigenvalue weighted by Gasteiger charge is -2.22. The Kier molecular flexibility index (Phi) is 4.63. The molecule has 5 nitrogen and oxygen atoms in total. The highest BCUT2D eigenvalue weighted by molar-refractivity contribution is 6.31. The average molecular weight is 337 g/mol. The van der Waals surface area contributed by atoms with Crippen molar-refractivity contribution in [1.29, 1.82) is 0 Å². The molecule has 1 fully saturated rings. The van der Waals surface area contributed by atoms with Gasteiger partial charge in [0.15, 0.2) is 5.82 Å². The number of anilines is 1. The summed E-state index contributed by atoms with van der Waals surface area (Å²) in [5.74, 6) is 0.00789. The van der Waals surface area contributed by atoms with E-state index >= 15 is 0 Å². The molecule has 1 saturated carbocycles. The number of hydrogen-bond acceptors (Lipinski definition) is 3. The van der Waals surface area contributed by atoms with Crippen LogP contribution >= 0.6 is 11.6 Å². The highest BCUT2D eigenvalue weighted by Gasteiger charge is 2.31. The van der Waals surface area contributed by atoms with Crippen LogP contribution in [-0.2, 0) is 18.4 Å². The molecule has 1 N–H and O–H groups in total. The molecule has 1 aliphatic carbocycles. The monoisotopic (exact) mass is 336 g/mol. The highest BCUT2D eigenvalue weighted by Crippen LogP contribution is 2.30. The second-order valence-corrected chi connectivity index (χ2v) is 6.17. The van der Waals surface area contributed by atoms with Crippen LogP contribution in [0.1, 0.15) is 18.4 Å². The Morgan fingerprint density at radius 1 is 1.48 bits per heavy atom. The van der Waals surface area contributed by atoms with E-state index in [1.165, 1.54) is 6.07 Å². The van der Waals surface area contributed by atoms with E-state index in [0.29, 0.717) is 29.0 Å². The lowest BCUT2D eigenvalue weighted by Crippen LogP contribution is -2.35. The van der Waals surface area contributed by atoms with Crippen LogP contribution in [0.5, 0.6) is 0 Å². The summed E-state index contributed by atoms with van der Waals surface area (Å²) in [5, 5.41) is 7.26. The van der Waals surface area contributed by atoms with Crippen molar-refractivity contribution in [2.24, 2.45) is 7.05 Å². The maximum atomic E-state index is 14.0. The molecular weight excluding hydrogens is 319 g/mol. The van der Waals surface area contributed by atoms with Gasteiger partial charge < -0.3 is 5.32 Å². The quantitative estimate of drug-likeness (QED) is 0.882. The molecule has 23 heavy (non-hydrogen) atoms. The molecule has 0 aliphatic heterocycles. The number of nitrogens with one attached hydrogen (secondary N) is 1. The molecule has 0 bridgehead atoms. The minimum Gasteiger partial charge on any atom is -0.308 e. The van der Waals surface area contributed by atoms with E-state index in [2.05, 4.69) is 10.4 Å². The van der Waals surface area contributed by atoms with Crippen molar-refractivity contribution in [2.45, 2.75) is 25.4 Å². The Hall–Kier alpha value is -1.92. The van der Waals surface area contributed by atoms with E-state index in [1.807, 2.05) is 4.90 Å². The van der Waals surface area contributed by atoms with E-state index in [9.17, 15) is 9.18 Å². The normalized spacial score (nSPS) is 14.3. The zero-order valence-corrected chi connectivity index (χ0v) is 13.6. The van der Waals surface area contributed by atoms with Crippen molar-refractivity contribution in [3.05, 3.63) is 46.9 Å². The van der Waals surface area contributed by atoms with Crippen LogP contribution in [0.4, 0.5) is 10.2 Å². The number of carbonyl (C=O) groups excluding carboxylic acids is 1. The van der Waals surface area contributed by atoms with Gasteiger partial charge in [-0.25, -0.2) is 4.39 Å². The van der Waals surface area contributed by atoms with Crippen molar-refractivity contribution in [2.75, 3.05) is 11.9 Å². The summed E-state index contributed by atoms with van der Waals surface area (Å²) in [5.41, 5.74) is 0.437. The van der Waals surface area contributed by atoms with Crippen molar-refractivity contribution >= 4 is 23.3 Å². The molecular formula is C16H18ClFN4O. The van der Waals surface area contributed by atoms with Crippen molar-refractivity contribution in [3.8, 4) is 0 Å². The SMILES string of the molecule is Cn1ccc(NC(=O)CN(Cc2c(F)cccc2Cl)C2CC2)n1. The number of aryl methyl sites for hydroxylation is 1. The zero-order chi connectivity index (χ0) is 16.4. The van der Waals surface area contributed by atoms with E-state index in [1.54, 1.807) is 36.1 Å². The summed E-state index contributed by atoms with van der Waals surface area (Å²) < 4.78 is 15.6. The second kappa shape index (κ2) is 6.68. The molecule has 0 spiro atoms. The predicted octanol–water partition coefficient (Wildman–Crippen LogP) is 2.82. The molecule has 1 aromatic heterocycles. The Labute approximate surface area is 139 Å². The predicted molar refractivity (Wildman–Crippen MR) is 86.7 cm³/mol. The summed E-state index contributed by atoms with van der Waals surface area (Å²) in [4.78, 5) is 14.2. The number of halogens is 2. The van der Waals surface area contributed by atoms with Gasteiger partial charge in [0.2, 0.25) is 5.91 Å². The number of carbonyl (C=O) groups is 1. The topological polar surface area (TPSA) is 50.2 Å². The van der Waals surface area contributed by atoms with E-state index in [0.717, 1.165) is 12.8 Å². The van der Waals surface area contributed by atoms with Crippen molar-refractivity contribution in [3.63, 3.8) is 0 Å². The minimum atomic E-state index is -0.340. The zero-order valence-electron chi connectivity index (χ0n) is 12.8. The molecule has 0 unspecified atom stereocenters. The van der Waals surface area contributed by atoms with Crippen molar-refractivity contribution < 1.29 is 9.18 Å². The molecule has 0 saturated heterocycles. The van der Waals surface area contributed by atoms with Gasteiger partial charge in [-0.3, -0.25) is 14.4 Å². The molecule has 7 heteroatoms. The molecule has 0 radical (unpaired) electrons. The Bertz CT molecular complexity index is 694. The second-order valence-electron chi connectivity index (χ2n) is 5.76. The van der Waals surface area contributed by atoms with Crippen LogP contribution in [0.25, 0.3) is 0 Å².